The molecule has 0 fully saturated rings. The lowest BCUT2D eigenvalue weighted by Gasteiger charge is -2.17. The summed E-state index contributed by atoms with van der Waals surface area (Å²) in [5.41, 5.74) is 0.284. The largest absolute Gasteiger partial charge is 0.483 e. The Morgan fingerprint density at radius 2 is 2.23 bits per heavy atom. The summed E-state index contributed by atoms with van der Waals surface area (Å²) < 4.78 is 10.4. The van der Waals surface area contributed by atoms with E-state index in [4.69, 9.17) is 26.3 Å². The van der Waals surface area contributed by atoms with E-state index in [2.05, 4.69) is 4.98 Å². The van der Waals surface area contributed by atoms with E-state index in [1.807, 2.05) is 6.07 Å². The van der Waals surface area contributed by atoms with Crippen molar-refractivity contribution in [2.24, 2.45) is 0 Å². The number of ether oxygens (including phenoxy) is 2. The number of hydrogen-bond donors (Lipinski definition) is 0. The zero-order valence-electron chi connectivity index (χ0n) is 6.58. The highest BCUT2D eigenvalue weighted by atomic mass is 35.5. The number of nitrogens with zero attached hydrogens (tertiary/aromatic N) is 2. The average molecular weight is 197 g/mol. The van der Waals surface area contributed by atoms with E-state index in [-0.39, 0.29) is 10.6 Å². The van der Waals surface area contributed by atoms with Crippen LogP contribution in [0.2, 0.25) is 5.02 Å². The van der Waals surface area contributed by atoms with Crippen LogP contribution in [-0.2, 0) is 0 Å². The highest BCUT2D eigenvalue weighted by molar-refractivity contribution is 6.31. The van der Waals surface area contributed by atoms with Gasteiger partial charge in [-0.25, -0.2) is 4.98 Å². The lowest BCUT2D eigenvalue weighted by atomic mass is 10.2. The standard InChI is InChI=1S/C8H5ClN2O2/c9-6-4-11-8-7(5(6)3-10)12-1-2-13-8/h4H,1-2H2. The number of nitriles is 1. The minimum atomic E-state index is 0.284. The van der Waals surface area contributed by atoms with Crippen LogP contribution in [0.15, 0.2) is 6.20 Å². The molecule has 1 aromatic rings. The van der Waals surface area contributed by atoms with Crippen LogP contribution in [0.4, 0.5) is 0 Å². The predicted octanol–water partition coefficient (Wildman–Crippen LogP) is 1.38. The Kier molecular flexibility index (Phi) is 1.95. The Labute approximate surface area is 79.7 Å². The summed E-state index contributed by atoms with van der Waals surface area (Å²) in [6.07, 6.45) is 1.38. The molecule has 4 nitrogen and oxygen atoms in total. The molecule has 1 aliphatic rings. The monoisotopic (exact) mass is 196 g/mol. The smallest absolute Gasteiger partial charge is 0.258 e. The predicted molar refractivity (Wildman–Crippen MR) is 45.0 cm³/mol. The number of rotatable bonds is 0. The van der Waals surface area contributed by atoms with E-state index >= 15 is 0 Å². The van der Waals surface area contributed by atoms with Gasteiger partial charge in [-0.1, -0.05) is 11.6 Å². The van der Waals surface area contributed by atoms with E-state index in [1.54, 1.807) is 0 Å². The fraction of sp³-hybridized carbons (Fsp3) is 0.250. The maximum atomic E-state index is 8.78. The molecule has 2 heterocycles. The summed E-state index contributed by atoms with van der Waals surface area (Å²) in [5, 5.41) is 9.06. The lowest BCUT2D eigenvalue weighted by Crippen LogP contribution is -2.17. The number of hydrogen-bond acceptors (Lipinski definition) is 4. The molecule has 0 spiro atoms. The Bertz CT molecular complexity index is 386. The third-order valence-corrected chi connectivity index (χ3v) is 1.92. The third-order valence-electron chi connectivity index (χ3n) is 1.64. The molecule has 0 saturated heterocycles. The second-order valence-electron chi connectivity index (χ2n) is 2.42. The Morgan fingerprint density at radius 1 is 1.46 bits per heavy atom. The van der Waals surface area contributed by atoms with Crippen LogP contribution >= 0.6 is 11.6 Å². The van der Waals surface area contributed by atoms with Crippen LogP contribution in [0.25, 0.3) is 0 Å². The van der Waals surface area contributed by atoms with Gasteiger partial charge in [0.05, 0.1) is 11.2 Å². The van der Waals surface area contributed by atoms with Gasteiger partial charge in [0.25, 0.3) is 5.88 Å². The minimum absolute atomic E-state index is 0.284. The maximum Gasteiger partial charge on any atom is 0.258 e. The van der Waals surface area contributed by atoms with E-state index in [0.29, 0.717) is 24.8 Å². The van der Waals surface area contributed by atoms with E-state index in [0.717, 1.165) is 0 Å². The molecule has 0 aliphatic carbocycles. The Morgan fingerprint density at radius 3 is 3.00 bits per heavy atom. The van der Waals surface area contributed by atoms with Gasteiger partial charge in [0, 0.05) is 0 Å². The normalized spacial score (nSPS) is 13.5. The fourth-order valence-electron chi connectivity index (χ4n) is 1.08. The van der Waals surface area contributed by atoms with Crippen molar-refractivity contribution in [3.05, 3.63) is 16.8 Å². The summed E-state index contributed by atoms with van der Waals surface area (Å²) in [6.45, 7) is 0.871. The second kappa shape index (κ2) is 3.11. The molecular formula is C8H5ClN2O2. The molecule has 66 valence electrons. The van der Waals surface area contributed by atoms with Crippen molar-refractivity contribution in [1.82, 2.24) is 4.98 Å². The van der Waals surface area contributed by atoms with Crippen molar-refractivity contribution in [1.29, 1.82) is 5.26 Å². The van der Waals surface area contributed by atoms with Gasteiger partial charge in [0.2, 0.25) is 5.75 Å². The molecule has 5 heteroatoms. The molecule has 0 amide bonds. The molecule has 0 N–H and O–H groups in total. The molecule has 0 atom stereocenters. The van der Waals surface area contributed by atoms with E-state index in [1.165, 1.54) is 6.20 Å². The second-order valence-corrected chi connectivity index (χ2v) is 2.83. The van der Waals surface area contributed by atoms with Crippen molar-refractivity contribution in [2.75, 3.05) is 13.2 Å². The van der Waals surface area contributed by atoms with Gasteiger partial charge in [-0.05, 0) is 0 Å². The SMILES string of the molecule is N#Cc1c(Cl)cnc2c1OCCO2. The summed E-state index contributed by atoms with van der Waals surface area (Å²) in [6, 6.07) is 1.95. The van der Waals surface area contributed by atoms with Gasteiger partial charge >= 0.3 is 0 Å². The minimum Gasteiger partial charge on any atom is -0.483 e. The lowest BCUT2D eigenvalue weighted by molar-refractivity contribution is 0.164. The van der Waals surface area contributed by atoms with E-state index < -0.39 is 0 Å². The van der Waals surface area contributed by atoms with Crippen LogP contribution in [0.3, 0.4) is 0 Å². The van der Waals surface area contributed by atoms with Crippen molar-refractivity contribution in [3.63, 3.8) is 0 Å². The molecule has 0 aromatic carbocycles. The van der Waals surface area contributed by atoms with Gasteiger partial charge < -0.3 is 9.47 Å². The molecular weight excluding hydrogens is 192 g/mol. The van der Waals surface area contributed by atoms with Crippen molar-refractivity contribution < 1.29 is 9.47 Å². The number of pyridine rings is 1. The van der Waals surface area contributed by atoms with Crippen LogP contribution in [0.1, 0.15) is 5.56 Å². The number of halogens is 1. The molecule has 0 unspecified atom stereocenters. The van der Waals surface area contributed by atoms with Gasteiger partial charge in [-0.15, -0.1) is 0 Å². The highest BCUT2D eigenvalue weighted by Gasteiger charge is 2.19. The fourth-order valence-corrected chi connectivity index (χ4v) is 1.25. The molecule has 13 heavy (non-hydrogen) atoms. The quantitative estimate of drug-likeness (QED) is 0.629. The van der Waals surface area contributed by atoms with Crippen LogP contribution < -0.4 is 9.47 Å². The van der Waals surface area contributed by atoms with Gasteiger partial charge in [-0.3, -0.25) is 0 Å². The maximum absolute atomic E-state index is 8.78. The summed E-state index contributed by atoms with van der Waals surface area (Å²) in [4.78, 5) is 3.90. The van der Waals surface area contributed by atoms with Gasteiger partial charge in [0.1, 0.15) is 24.8 Å². The molecule has 1 aromatic heterocycles. The molecule has 0 radical (unpaired) electrons. The first kappa shape index (κ1) is 8.14. The summed E-state index contributed by atoms with van der Waals surface area (Å²) >= 11 is 5.74. The van der Waals surface area contributed by atoms with Crippen molar-refractivity contribution in [2.45, 2.75) is 0 Å². The van der Waals surface area contributed by atoms with Crippen LogP contribution in [0.5, 0.6) is 11.6 Å². The van der Waals surface area contributed by atoms with Crippen LogP contribution in [-0.4, -0.2) is 18.2 Å². The Hall–Kier alpha value is -1.47. The van der Waals surface area contributed by atoms with Crippen LogP contribution in [0, 0.1) is 11.3 Å². The number of aromatic nitrogens is 1. The average Bonchev–Trinajstić information content (AvgIpc) is 2.18. The molecule has 1 aliphatic heterocycles. The zero-order valence-corrected chi connectivity index (χ0v) is 7.34. The van der Waals surface area contributed by atoms with Crippen molar-refractivity contribution in [3.8, 4) is 17.7 Å². The summed E-state index contributed by atoms with van der Waals surface area (Å²) in [7, 11) is 0. The highest BCUT2D eigenvalue weighted by Crippen LogP contribution is 2.34. The van der Waals surface area contributed by atoms with Gasteiger partial charge in [0.15, 0.2) is 0 Å². The topological polar surface area (TPSA) is 55.1 Å². The first-order chi connectivity index (χ1) is 6.33. The Balaban J connectivity index is 2.60. The summed E-state index contributed by atoms with van der Waals surface area (Å²) in [5.74, 6) is 0.688. The zero-order chi connectivity index (χ0) is 9.26. The van der Waals surface area contributed by atoms with E-state index in [9.17, 15) is 0 Å². The van der Waals surface area contributed by atoms with Gasteiger partial charge in [-0.2, -0.15) is 5.26 Å². The first-order valence-electron chi connectivity index (χ1n) is 3.67. The third kappa shape index (κ3) is 1.27. The van der Waals surface area contributed by atoms with Crippen molar-refractivity contribution >= 4 is 11.6 Å². The molecule has 0 bridgehead atoms. The first-order valence-corrected chi connectivity index (χ1v) is 4.05. The molecule has 2 rings (SSSR count). The molecule has 0 saturated carbocycles. The number of fused-ring (bicyclic) bond motifs is 1.